The van der Waals surface area contributed by atoms with Crippen LogP contribution in [0.15, 0.2) is 59.0 Å². The molecule has 10 nitrogen and oxygen atoms in total. The molecule has 0 aromatic heterocycles. The Labute approximate surface area is 247 Å². The van der Waals surface area contributed by atoms with Gasteiger partial charge in [-0.1, -0.05) is 35.9 Å². The van der Waals surface area contributed by atoms with Crippen LogP contribution in [0.1, 0.15) is 42.5 Å². The molecule has 12 heteroatoms. The predicted octanol–water partition coefficient (Wildman–Crippen LogP) is 2.38. The lowest BCUT2D eigenvalue weighted by molar-refractivity contribution is -0.155. The molecular formula is C29H38ClN5O5S. The highest BCUT2D eigenvalue weighted by Gasteiger charge is 2.38. The molecule has 0 unspecified atom stereocenters. The summed E-state index contributed by atoms with van der Waals surface area (Å²) in [5.74, 6) is -1.19. The van der Waals surface area contributed by atoms with E-state index in [1.165, 1.54) is 4.90 Å². The van der Waals surface area contributed by atoms with E-state index in [0.29, 0.717) is 24.1 Å². The summed E-state index contributed by atoms with van der Waals surface area (Å²) in [5.41, 5.74) is 9.75. The van der Waals surface area contributed by atoms with E-state index in [1.807, 2.05) is 26.1 Å². The van der Waals surface area contributed by atoms with Crippen LogP contribution in [0.5, 0.6) is 0 Å². The van der Waals surface area contributed by atoms with Crippen molar-refractivity contribution >= 4 is 40.1 Å². The van der Waals surface area contributed by atoms with Crippen LogP contribution in [-0.4, -0.2) is 74.8 Å². The molecule has 2 aliphatic rings. The van der Waals surface area contributed by atoms with Crippen molar-refractivity contribution in [3.05, 3.63) is 76.4 Å². The van der Waals surface area contributed by atoms with Gasteiger partial charge in [0.25, 0.3) is 0 Å². The van der Waals surface area contributed by atoms with Gasteiger partial charge in [0.15, 0.2) is 0 Å². The highest BCUT2D eigenvalue weighted by atomic mass is 35.5. The van der Waals surface area contributed by atoms with Gasteiger partial charge in [0.1, 0.15) is 17.9 Å². The Hall–Kier alpha value is -3.25. The van der Waals surface area contributed by atoms with Crippen molar-refractivity contribution in [2.45, 2.75) is 56.6 Å². The fraction of sp³-hybridized carbons (Fsp3) is 0.414. The zero-order chi connectivity index (χ0) is 29.0. The van der Waals surface area contributed by atoms with Gasteiger partial charge in [-0.05, 0) is 75.0 Å². The standard InChI is InChI=1S/C29H37N5O5S.ClH/c1-4-39-29(36)26-14-19(2)10-13-34(26)28(35)25(16-20-6-5-7-22(15-20)27(30)31)32-40(37,38)24-9-8-21-11-12-33(3)18-23(21)17-24;/h5-10,15,17,25-26,32H,4,11-14,16,18H2,1-3H3,(H3,30,31);1H/t25-,26+;/m0./s1. The van der Waals surface area contributed by atoms with Crippen LogP contribution in [0.2, 0.25) is 0 Å². The number of nitrogen functional groups attached to an aromatic ring is 1. The van der Waals surface area contributed by atoms with Crippen LogP contribution < -0.4 is 10.5 Å². The molecule has 1 amide bonds. The lowest BCUT2D eigenvalue weighted by atomic mass is 9.98. The van der Waals surface area contributed by atoms with Gasteiger partial charge in [-0.3, -0.25) is 10.2 Å². The molecule has 0 saturated heterocycles. The largest absolute Gasteiger partial charge is 0.464 e. The van der Waals surface area contributed by atoms with Gasteiger partial charge >= 0.3 is 5.97 Å². The Morgan fingerprint density at radius 1 is 1.20 bits per heavy atom. The minimum absolute atomic E-state index is 0. The summed E-state index contributed by atoms with van der Waals surface area (Å²) in [7, 11) is -2.13. The number of amidine groups is 1. The number of nitrogens with one attached hydrogen (secondary N) is 2. The van der Waals surface area contributed by atoms with E-state index in [2.05, 4.69) is 9.62 Å². The predicted molar refractivity (Wildman–Crippen MR) is 160 cm³/mol. The first kappa shape index (κ1) is 32.3. The number of nitrogens with two attached hydrogens (primary N) is 1. The molecule has 2 aromatic rings. The Morgan fingerprint density at radius 3 is 2.66 bits per heavy atom. The molecule has 2 aromatic carbocycles. The second kappa shape index (κ2) is 13.6. The number of carbonyl (C=O) groups excluding carboxylic acids is 2. The fourth-order valence-corrected chi connectivity index (χ4v) is 6.39. The molecular weight excluding hydrogens is 566 g/mol. The molecule has 0 saturated carbocycles. The van der Waals surface area contributed by atoms with E-state index in [4.69, 9.17) is 15.9 Å². The molecule has 2 atom stereocenters. The third kappa shape index (κ3) is 7.73. The fourth-order valence-electron chi connectivity index (χ4n) is 5.15. The van der Waals surface area contributed by atoms with Crippen molar-refractivity contribution in [2.75, 3.05) is 26.7 Å². The number of hydrogen-bond acceptors (Lipinski definition) is 7. The second-order valence-corrected chi connectivity index (χ2v) is 12.1. The van der Waals surface area contributed by atoms with E-state index in [0.717, 1.165) is 29.7 Å². The summed E-state index contributed by atoms with van der Waals surface area (Å²) < 4.78 is 35.2. The van der Waals surface area contributed by atoms with Crippen molar-refractivity contribution in [1.29, 1.82) is 5.41 Å². The molecule has 41 heavy (non-hydrogen) atoms. The zero-order valence-corrected chi connectivity index (χ0v) is 25.2. The third-order valence-electron chi connectivity index (χ3n) is 7.33. The number of halogens is 1. The molecule has 0 fully saturated rings. The first-order valence-corrected chi connectivity index (χ1v) is 14.9. The third-order valence-corrected chi connectivity index (χ3v) is 8.80. The highest BCUT2D eigenvalue weighted by molar-refractivity contribution is 7.89. The van der Waals surface area contributed by atoms with Gasteiger partial charge in [-0.15, -0.1) is 12.4 Å². The number of sulfonamides is 1. The van der Waals surface area contributed by atoms with Gasteiger partial charge < -0.3 is 20.3 Å². The smallest absolute Gasteiger partial charge is 0.329 e. The first-order valence-electron chi connectivity index (χ1n) is 13.4. The summed E-state index contributed by atoms with van der Waals surface area (Å²) in [5, 5.41) is 7.77. The van der Waals surface area contributed by atoms with Crippen LogP contribution in [0, 0.1) is 5.41 Å². The SMILES string of the molecule is CCOC(=O)[C@H]1CC(C)=CCN1C(=O)[C@H](Cc1cccc(C(=N)N)c1)NS(=O)(=O)c1ccc2c(c1)CN(C)CC2.Cl. The van der Waals surface area contributed by atoms with Crippen molar-refractivity contribution in [3.63, 3.8) is 0 Å². The summed E-state index contributed by atoms with van der Waals surface area (Å²) in [6.45, 7) is 5.45. The number of likely N-dealkylation sites (N-methyl/N-ethyl adjacent to an activating group) is 1. The number of ether oxygens (including phenoxy) is 1. The average Bonchev–Trinajstić information content (AvgIpc) is 2.92. The topological polar surface area (TPSA) is 146 Å². The minimum Gasteiger partial charge on any atom is -0.464 e. The second-order valence-electron chi connectivity index (χ2n) is 10.4. The number of amides is 1. The normalized spacial score (nSPS) is 18.0. The lowest BCUT2D eigenvalue weighted by Gasteiger charge is -2.35. The molecule has 4 N–H and O–H groups in total. The van der Waals surface area contributed by atoms with Crippen LogP contribution in [0.4, 0.5) is 0 Å². The highest BCUT2D eigenvalue weighted by Crippen LogP contribution is 2.24. The Kier molecular flexibility index (Phi) is 10.7. The average molecular weight is 604 g/mol. The van der Waals surface area contributed by atoms with Crippen LogP contribution in [0.3, 0.4) is 0 Å². The maximum Gasteiger partial charge on any atom is 0.329 e. The number of carbonyl (C=O) groups is 2. The van der Waals surface area contributed by atoms with Crippen molar-refractivity contribution in [1.82, 2.24) is 14.5 Å². The number of hydrogen-bond donors (Lipinski definition) is 3. The molecule has 2 heterocycles. The minimum atomic E-state index is -4.11. The number of fused-ring (bicyclic) bond motifs is 1. The van der Waals surface area contributed by atoms with Crippen LogP contribution >= 0.6 is 12.4 Å². The molecule has 0 aliphatic carbocycles. The number of benzene rings is 2. The van der Waals surface area contributed by atoms with Crippen molar-refractivity contribution in [3.8, 4) is 0 Å². The number of esters is 1. The number of rotatable bonds is 9. The van der Waals surface area contributed by atoms with Gasteiger partial charge in [-0.25, -0.2) is 13.2 Å². The Bertz CT molecular complexity index is 1440. The lowest BCUT2D eigenvalue weighted by Crippen LogP contribution is -2.56. The summed E-state index contributed by atoms with van der Waals surface area (Å²) in [6, 6.07) is 9.79. The van der Waals surface area contributed by atoms with Gasteiger partial charge in [0, 0.05) is 25.2 Å². The molecule has 4 rings (SSSR count). The molecule has 2 aliphatic heterocycles. The Morgan fingerprint density at radius 2 is 1.95 bits per heavy atom. The van der Waals surface area contributed by atoms with Gasteiger partial charge in [0.2, 0.25) is 15.9 Å². The zero-order valence-electron chi connectivity index (χ0n) is 23.6. The van der Waals surface area contributed by atoms with Crippen LogP contribution in [-0.2, 0) is 43.7 Å². The molecule has 222 valence electrons. The maximum atomic E-state index is 14.0. The van der Waals surface area contributed by atoms with Gasteiger partial charge in [0.05, 0.1) is 11.5 Å². The molecule has 0 radical (unpaired) electrons. The van der Waals surface area contributed by atoms with E-state index in [-0.39, 0.29) is 42.7 Å². The maximum absolute atomic E-state index is 14.0. The molecule has 0 bridgehead atoms. The first-order chi connectivity index (χ1) is 19.0. The van der Waals surface area contributed by atoms with E-state index in [1.54, 1.807) is 43.3 Å². The number of nitrogens with zero attached hydrogens (tertiary/aromatic N) is 2. The summed E-state index contributed by atoms with van der Waals surface area (Å²) in [6.07, 6.45) is 3.00. The van der Waals surface area contributed by atoms with E-state index in [9.17, 15) is 18.0 Å². The van der Waals surface area contributed by atoms with Gasteiger partial charge in [-0.2, -0.15) is 4.72 Å². The monoisotopic (exact) mass is 603 g/mol. The van der Waals surface area contributed by atoms with E-state index >= 15 is 0 Å². The quantitative estimate of drug-likeness (QED) is 0.173. The molecule has 0 spiro atoms. The van der Waals surface area contributed by atoms with Crippen LogP contribution in [0.25, 0.3) is 0 Å². The van der Waals surface area contributed by atoms with E-state index < -0.39 is 34.0 Å². The summed E-state index contributed by atoms with van der Waals surface area (Å²) in [4.78, 5) is 30.4. The van der Waals surface area contributed by atoms with Crippen molar-refractivity contribution < 1.29 is 22.7 Å². The van der Waals surface area contributed by atoms with Crippen molar-refractivity contribution in [2.24, 2.45) is 5.73 Å². The summed E-state index contributed by atoms with van der Waals surface area (Å²) >= 11 is 0. The Balaban J connectivity index is 0.00000462.